The minimum Gasteiger partial charge on any atom is -0.367 e. The second kappa shape index (κ2) is 6.67. The van der Waals surface area contributed by atoms with Crippen molar-refractivity contribution in [1.82, 2.24) is 0 Å². The number of aliphatic hydroxyl groups excluding tert-OH is 2. The molecule has 1 atom stereocenters. The van der Waals surface area contributed by atoms with Crippen LogP contribution < -0.4 is 0 Å². The fraction of sp³-hybridized carbons (Fsp3) is 0.182. The molecule has 2 aliphatic carbocycles. The van der Waals surface area contributed by atoms with E-state index in [-0.39, 0.29) is 5.92 Å². The molecular weight excluding hydrogens is 328 g/mol. The van der Waals surface area contributed by atoms with E-state index in [1.54, 1.807) is 12.1 Å². The molecule has 2 aromatic carbocycles. The third kappa shape index (κ3) is 3.04. The van der Waals surface area contributed by atoms with Crippen LogP contribution in [0, 0.1) is 0 Å². The summed E-state index contributed by atoms with van der Waals surface area (Å²) in [4.78, 5) is 0. The van der Waals surface area contributed by atoms with Crippen molar-refractivity contribution in [1.29, 1.82) is 0 Å². The molecule has 0 spiro atoms. The van der Waals surface area contributed by atoms with Crippen LogP contribution in [0.25, 0.3) is 17.2 Å². The van der Waals surface area contributed by atoms with Gasteiger partial charge >= 0.3 is 0 Å². The smallest absolute Gasteiger partial charge is 0.178 e. The van der Waals surface area contributed by atoms with Crippen molar-refractivity contribution in [3.05, 3.63) is 88.5 Å². The van der Waals surface area contributed by atoms with Crippen LogP contribution in [0.1, 0.15) is 46.4 Å². The number of rotatable bonds is 4. The molecule has 26 heavy (non-hydrogen) atoms. The van der Waals surface area contributed by atoms with E-state index in [1.807, 2.05) is 36.4 Å². The minimum absolute atomic E-state index is 0.358. The van der Waals surface area contributed by atoms with Crippen LogP contribution in [0.15, 0.2) is 60.7 Å². The lowest BCUT2D eigenvalue weighted by atomic mass is 9.96. The molecule has 4 heteroatoms. The van der Waals surface area contributed by atoms with E-state index in [9.17, 15) is 20.4 Å². The Kier molecular flexibility index (Phi) is 4.34. The molecule has 0 aromatic heterocycles. The number of allylic oxidation sites excluding steroid dienone is 4. The first-order chi connectivity index (χ1) is 12.5. The van der Waals surface area contributed by atoms with Crippen molar-refractivity contribution in [3.63, 3.8) is 0 Å². The van der Waals surface area contributed by atoms with Gasteiger partial charge in [0.1, 0.15) is 0 Å². The molecule has 0 aliphatic heterocycles. The highest BCUT2D eigenvalue weighted by Gasteiger charge is 2.23. The maximum atomic E-state index is 9.45. The van der Waals surface area contributed by atoms with Gasteiger partial charge in [-0.1, -0.05) is 60.7 Å². The first kappa shape index (κ1) is 16.9. The highest BCUT2D eigenvalue weighted by atomic mass is 16.5. The van der Waals surface area contributed by atoms with Gasteiger partial charge in [-0.25, -0.2) is 0 Å². The number of aliphatic hydroxyl groups is 4. The van der Waals surface area contributed by atoms with Crippen molar-refractivity contribution >= 4 is 17.2 Å². The molecule has 4 nitrogen and oxygen atoms in total. The Labute approximate surface area is 151 Å². The molecule has 0 saturated carbocycles. The van der Waals surface area contributed by atoms with Gasteiger partial charge in [0, 0.05) is 5.56 Å². The molecule has 2 aromatic rings. The van der Waals surface area contributed by atoms with Gasteiger partial charge < -0.3 is 20.4 Å². The average Bonchev–Trinajstić information content (AvgIpc) is 3.28. The molecular formula is C22H20O4. The standard InChI is InChI=1S/C22H20O4/c23-21(24)14-3-1-13(2-4-14)15-5-6-16(11-15)17-7-9-19-18(12-17)8-10-20(19)22(25)26/h1-4,6-12,20-26H,5H2. The second-order valence-electron chi connectivity index (χ2n) is 6.67. The Morgan fingerprint density at radius 1 is 0.885 bits per heavy atom. The SMILES string of the molecule is OC(O)c1ccc(C2=CC(c3ccc4c(c3)C=CC4C(O)O)=CC2)cc1. The molecule has 0 heterocycles. The maximum absolute atomic E-state index is 9.45. The van der Waals surface area contributed by atoms with E-state index in [2.05, 4.69) is 18.2 Å². The molecule has 4 rings (SSSR count). The van der Waals surface area contributed by atoms with Crippen LogP contribution >= 0.6 is 0 Å². The van der Waals surface area contributed by atoms with Crippen molar-refractivity contribution in [2.24, 2.45) is 0 Å². The van der Waals surface area contributed by atoms with Crippen LogP contribution in [-0.2, 0) is 0 Å². The summed E-state index contributed by atoms with van der Waals surface area (Å²) in [6.07, 6.45) is 6.06. The zero-order valence-corrected chi connectivity index (χ0v) is 14.1. The second-order valence-corrected chi connectivity index (χ2v) is 6.67. The predicted octanol–water partition coefficient (Wildman–Crippen LogP) is 2.96. The van der Waals surface area contributed by atoms with Gasteiger partial charge in [0.25, 0.3) is 0 Å². The summed E-state index contributed by atoms with van der Waals surface area (Å²) >= 11 is 0. The Morgan fingerprint density at radius 2 is 1.62 bits per heavy atom. The summed E-state index contributed by atoms with van der Waals surface area (Å²) in [5.74, 6) is -0.358. The fourth-order valence-electron chi connectivity index (χ4n) is 3.57. The molecule has 0 bridgehead atoms. The normalized spacial score (nSPS) is 18.5. The molecule has 0 fully saturated rings. The van der Waals surface area contributed by atoms with Crippen LogP contribution in [0.2, 0.25) is 0 Å². The number of benzene rings is 2. The lowest BCUT2D eigenvalue weighted by Gasteiger charge is -2.13. The van der Waals surface area contributed by atoms with E-state index >= 15 is 0 Å². The zero-order valence-electron chi connectivity index (χ0n) is 14.1. The monoisotopic (exact) mass is 348 g/mol. The molecule has 0 saturated heterocycles. The fourth-order valence-corrected chi connectivity index (χ4v) is 3.57. The highest BCUT2D eigenvalue weighted by Crippen LogP contribution is 2.37. The zero-order chi connectivity index (χ0) is 18.3. The van der Waals surface area contributed by atoms with Crippen molar-refractivity contribution in [3.8, 4) is 0 Å². The third-order valence-electron chi connectivity index (χ3n) is 5.03. The van der Waals surface area contributed by atoms with Gasteiger partial charge in [-0.3, -0.25) is 0 Å². The van der Waals surface area contributed by atoms with Crippen molar-refractivity contribution < 1.29 is 20.4 Å². The van der Waals surface area contributed by atoms with Gasteiger partial charge in [-0.2, -0.15) is 0 Å². The Balaban J connectivity index is 1.57. The van der Waals surface area contributed by atoms with E-state index in [1.165, 1.54) is 5.57 Å². The predicted molar refractivity (Wildman–Crippen MR) is 101 cm³/mol. The topological polar surface area (TPSA) is 80.9 Å². The van der Waals surface area contributed by atoms with Crippen molar-refractivity contribution in [2.75, 3.05) is 0 Å². The van der Waals surface area contributed by atoms with E-state index in [0.29, 0.717) is 5.56 Å². The summed E-state index contributed by atoms with van der Waals surface area (Å²) in [7, 11) is 0. The summed E-state index contributed by atoms with van der Waals surface area (Å²) in [5.41, 5.74) is 6.90. The van der Waals surface area contributed by atoms with Gasteiger partial charge in [-0.05, 0) is 45.9 Å². The summed E-state index contributed by atoms with van der Waals surface area (Å²) in [5, 5.41) is 37.3. The average molecular weight is 348 g/mol. The largest absolute Gasteiger partial charge is 0.367 e. The molecule has 0 amide bonds. The van der Waals surface area contributed by atoms with E-state index in [4.69, 9.17) is 0 Å². The first-order valence-corrected chi connectivity index (χ1v) is 8.59. The number of hydrogen-bond acceptors (Lipinski definition) is 4. The van der Waals surface area contributed by atoms with Gasteiger partial charge in [0.05, 0.1) is 5.92 Å². The quantitative estimate of drug-likeness (QED) is 0.641. The van der Waals surface area contributed by atoms with Crippen LogP contribution in [-0.4, -0.2) is 26.7 Å². The lowest BCUT2D eigenvalue weighted by Crippen LogP contribution is -2.14. The maximum Gasteiger partial charge on any atom is 0.178 e. The van der Waals surface area contributed by atoms with Gasteiger partial charge in [-0.15, -0.1) is 0 Å². The lowest BCUT2D eigenvalue weighted by molar-refractivity contribution is -0.0490. The molecule has 4 N–H and O–H groups in total. The summed E-state index contributed by atoms with van der Waals surface area (Å²) in [6, 6.07) is 13.3. The molecule has 0 radical (unpaired) electrons. The van der Waals surface area contributed by atoms with E-state index in [0.717, 1.165) is 34.2 Å². The Bertz CT molecular complexity index is 918. The molecule has 1 unspecified atom stereocenters. The van der Waals surface area contributed by atoms with Gasteiger partial charge in [0.2, 0.25) is 0 Å². The summed E-state index contributed by atoms with van der Waals surface area (Å²) in [6.45, 7) is 0. The molecule has 132 valence electrons. The number of hydrogen-bond donors (Lipinski definition) is 4. The molecule has 2 aliphatic rings. The van der Waals surface area contributed by atoms with Crippen molar-refractivity contribution in [2.45, 2.75) is 24.9 Å². The Morgan fingerprint density at radius 3 is 2.31 bits per heavy atom. The first-order valence-electron chi connectivity index (χ1n) is 8.59. The van der Waals surface area contributed by atoms with Crippen LogP contribution in [0.4, 0.5) is 0 Å². The van der Waals surface area contributed by atoms with E-state index < -0.39 is 12.6 Å². The third-order valence-corrected chi connectivity index (χ3v) is 5.03. The van der Waals surface area contributed by atoms with Crippen LogP contribution in [0.5, 0.6) is 0 Å². The minimum atomic E-state index is -1.45. The summed E-state index contributed by atoms with van der Waals surface area (Å²) < 4.78 is 0. The Hall–Kier alpha value is -2.50. The van der Waals surface area contributed by atoms with Gasteiger partial charge in [0.15, 0.2) is 12.6 Å². The van der Waals surface area contributed by atoms with Crippen LogP contribution in [0.3, 0.4) is 0 Å². The highest BCUT2D eigenvalue weighted by molar-refractivity contribution is 5.90. The number of fused-ring (bicyclic) bond motifs is 1.